The number of halogens is 1. The number of likely N-dealkylation sites (N-methyl/N-ethyl adjacent to an activating group) is 1. The van der Waals surface area contributed by atoms with E-state index in [0.29, 0.717) is 13.0 Å². The van der Waals surface area contributed by atoms with Crippen molar-refractivity contribution in [1.82, 2.24) is 4.90 Å². The molecule has 0 spiro atoms. The Morgan fingerprint density at radius 1 is 1.05 bits per heavy atom. The molecule has 0 unspecified atom stereocenters. The average molecular weight is 318 g/mol. The van der Waals surface area contributed by atoms with Crippen LogP contribution in [-0.2, 0) is 17.8 Å². The van der Waals surface area contributed by atoms with E-state index in [0.717, 1.165) is 15.6 Å². The summed E-state index contributed by atoms with van der Waals surface area (Å²) in [5, 5.41) is 0. The Bertz CT molecular complexity index is 554. The molecule has 0 aliphatic carbocycles. The first-order valence-electron chi connectivity index (χ1n) is 6.18. The molecular formula is C16H16BrNO. The highest BCUT2D eigenvalue weighted by Crippen LogP contribution is 2.17. The Balaban J connectivity index is 1.99. The lowest BCUT2D eigenvalue weighted by atomic mass is 10.1. The molecule has 1 amide bonds. The largest absolute Gasteiger partial charge is 0.341 e. The van der Waals surface area contributed by atoms with Gasteiger partial charge in [-0.3, -0.25) is 4.79 Å². The molecule has 2 rings (SSSR count). The molecule has 0 aliphatic heterocycles. The van der Waals surface area contributed by atoms with Crippen LogP contribution in [0.3, 0.4) is 0 Å². The second kappa shape index (κ2) is 6.53. The molecule has 0 aromatic heterocycles. The number of carbonyl (C=O) groups is 1. The van der Waals surface area contributed by atoms with Crippen molar-refractivity contribution in [2.45, 2.75) is 13.0 Å². The lowest BCUT2D eigenvalue weighted by Gasteiger charge is -2.17. The lowest BCUT2D eigenvalue weighted by molar-refractivity contribution is -0.129. The van der Waals surface area contributed by atoms with Crippen LogP contribution in [0.2, 0.25) is 0 Å². The molecule has 0 heterocycles. The Labute approximate surface area is 122 Å². The molecule has 2 nitrogen and oxygen atoms in total. The number of hydrogen-bond donors (Lipinski definition) is 0. The van der Waals surface area contributed by atoms with Crippen molar-refractivity contribution in [1.29, 1.82) is 0 Å². The van der Waals surface area contributed by atoms with Crippen LogP contribution < -0.4 is 0 Å². The van der Waals surface area contributed by atoms with Crippen molar-refractivity contribution in [3.8, 4) is 0 Å². The number of nitrogens with zero attached hydrogens (tertiary/aromatic N) is 1. The number of carbonyl (C=O) groups excluding carboxylic acids is 1. The van der Waals surface area contributed by atoms with Crippen LogP contribution >= 0.6 is 15.9 Å². The second-order valence-corrected chi connectivity index (χ2v) is 5.36. The van der Waals surface area contributed by atoms with Crippen LogP contribution in [0, 0.1) is 0 Å². The molecule has 0 aliphatic rings. The maximum absolute atomic E-state index is 12.2. The monoisotopic (exact) mass is 317 g/mol. The molecule has 0 N–H and O–H groups in total. The molecule has 0 fully saturated rings. The first-order valence-corrected chi connectivity index (χ1v) is 6.97. The van der Waals surface area contributed by atoms with E-state index in [4.69, 9.17) is 0 Å². The fourth-order valence-electron chi connectivity index (χ4n) is 1.89. The zero-order chi connectivity index (χ0) is 13.7. The normalized spacial score (nSPS) is 10.2. The third-order valence-corrected chi connectivity index (χ3v) is 3.76. The smallest absolute Gasteiger partial charge is 0.227 e. The number of hydrogen-bond acceptors (Lipinski definition) is 1. The molecule has 0 bridgehead atoms. The summed E-state index contributed by atoms with van der Waals surface area (Å²) in [6.07, 6.45) is 0.421. The van der Waals surface area contributed by atoms with Crippen LogP contribution in [-0.4, -0.2) is 17.9 Å². The average Bonchev–Trinajstić information content (AvgIpc) is 2.42. The number of rotatable bonds is 4. The van der Waals surface area contributed by atoms with Gasteiger partial charge in [0.25, 0.3) is 0 Å². The Kier molecular flexibility index (Phi) is 4.74. The first kappa shape index (κ1) is 13.8. The van der Waals surface area contributed by atoms with Gasteiger partial charge in [-0.2, -0.15) is 0 Å². The first-order chi connectivity index (χ1) is 9.16. The standard InChI is InChI=1S/C16H16BrNO/c1-18(12-13-7-3-2-4-8-13)16(19)11-14-9-5-6-10-15(14)17/h2-10H,11-12H2,1H3. The van der Waals surface area contributed by atoms with Crippen molar-refractivity contribution < 1.29 is 4.79 Å². The van der Waals surface area contributed by atoms with Crippen molar-refractivity contribution in [3.63, 3.8) is 0 Å². The molecule has 0 saturated carbocycles. The van der Waals surface area contributed by atoms with Crippen molar-refractivity contribution in [3.05, 3.63) is 70.2 Å². The Hall–Kier alpha value is -1.61. The summed E-state index contributed by atoms with van der Waals surface area (Å²) in [6.45, 7) is 0.643. The van der Waals surface area contributed by atoms with Gasteiger partial charge < -0.3 is 4.90 Å². The minimum Gasteiger partial charge on any atom is -0.341 e. The third-order valence-electron chi connectivity index (χ3n) is 2.99. The van der Waals surface area contributed by atoms with Crippen molar-refractivity contribution in [2.75, 3.05) is 7.05 Å². The van der Waals surface area contributed by atoms with Gasteiger partial charge in [-0.15, -0.1) is 0 Å². The number of benzene rings is 2. The summed E-state index contributed by atoms with van der Waals surface area (Å²) in [5.74, 6) is 0.121. The van der Waals surface area contributed by atoms with E-state index in [1.807, 2.05) is 61.6 Å². The van der Waals surface area contributed by atoms with Gasteiger partial charge in [-0.1, -0.05) is 64.5 Å². The van der Waals surface area contributed by atoms with Gasteiger partial charge in [0.1, 0.15) is 0 Å². The van der Waals surface area contributed by atoms with E-state index >= 15 is 0 Å². The molecule has 0 atom stereocenters. The predicted octanol–water partition coefficient (Wildman–Crippen LogP) is 3.65. The van der Waals surface area contributed by atoms with Crippen LogP contribution in [0.5, 0.6) is 0 Å². The van der Waals surface area contributed by atoms with Gasteiger partial charge in [0.05, 0.1) is 6.42 Å². The second-order valence-electron chi connectivity index (χ2n) is 4.50. The highest BCUT2D eigenvalue weighted by atomic mass is 79.9. The fraction of sp³-hybridized carbons (Fsp3) is 0.188. The predicted molar refractivity (Wildman–Crippen MR) is 80.8 cm³/mol. The fourth-order valence-corrected chi connectivity index (χ4v) is 2.31. The summed E-state index contributed by atoms with van der Waals surface area (Å²) >= 11 is 3.47. The minimum atomic E-state index is 0.121. The van der Waals surface area contributed by atoms with Gasteiger partial charge in [-0.25, -0.2) is 0 Å². The molecule has 2 aromatic rings. The van der Waals surface area contributed by atoms with Gasteiger partial charge in [-0.05, 0) is 17.2 Å². The molecular weight excluding hydrogens is 302 g/mol. The molecule has 2 aromatic carbocycles. The summed E-state index contributed by atoms with van der Waals surface area (Å²) in [5.41, 5.74) is 2.16. The van der Waals surface area contributed by atoms with Gasteiger partial charge in [0.15, 0.2) is 0 Å². The van der Waals surface area contributed by atoms with Crippen molar-refractivity contribution in [2.24, 2.45) is 0 Å². The lowest BCUT2D eigenvalue weighted by Crippen LogP contribution is -2.27. The zero-order valence-corrected chi connectivity index (χ0v) is 12.4. The van der Waals surface area contributed by atoms with Crippen LogP contribution in [0.1, 0.15) is 11.1 Å². The Morgan fingerprint density at radius 2 is 1.68 bits per heavy atom. The van der Waals surface area contributed by atoms with Gasteiger partial charge in [0, 0.05) is 18.1 Å². The zero-order valence-electron chi connectivity index (χ0n) is 10.8. The topological polar surface area (TPSA) is 20.3 Å². The molecule has 0 saturated heterocycles. The maximum Gasteiger partial charge on any atom is 0.227 e. The highest BCUT2D eigenvalue weighted by Gasteiger charge is 2.11. The van der Waals surface area contributed by atoms with Crippen molar-refractivity contribution >= 4 is 21.8 Å². The minimum absolute atomic E-state index is 0.121. The summed E-state index contributed by atoms with van der Waals surface area (Å²) in [6, 6.07) is 17.8. The van der Waals surface area contributed by atoms with E-state index in [9.17, 15) is 4.79 Å². The quantitative estimate of drug-likeness (QED) is 0.843. The van der Waals surface area contributed by atoms with Crippen LogP contribution in [0.15, 0.2) is 59.1 Å². The molecule has 0 radical (unpaired) electrons. The summed E-state index contributed by atoms with van der Waals surface area (Å²) < 4.78 is 0.983. The van der Waals surface area contributed by atoms with Gasteiger partial charge in [0.2, 0.25) is 5.91 Å². The van der Waals surface area contributed by atoms with E-state index in [-0.39, 0.29) is 5.91 Å². The molecule has 98 valence electrons. The Morgan fingerprint density at radius 3 is 2.37 bits per heavy atom. The SMILES string of the molecule is CN(Cc1ccccc1)C(=O)Cc1ccccc1Br. The maximum atomic E-state index is 12.2. The summed E-state index contributed by atoms with van der Waals surface area (Å²) in [4.78, 5) is 13.9. The summed E-state index contributed by atoms with van der Waals surface area (Å²) in [7, 11) is 1.84. The molecule has 19 heavy (non-hydrogen) atoms. The van der Waals surface area contributed by atoms with E-state index in [1.54, 1.807) is 4.90 Å². The van der Waals surface area contributed by atoms with E-state index in [1.165, 1.54) is 0 Å². The number of amides is 1. The van der Waals surface area contributed by atoms with Crippen LogP contribution in [0.4, 0.5) is 0 Å². The van der Waals surface area contributed by atoms with Gasteiger partial charge >= 0.3 is 0 Å². The van der Waals surface area contributed by atoms with E-state index < -0.39 is 0 Å². The van der Waals surface area contributed by atoms with Crippen LogP contribution in [0.25, 0.3) is 0 Å². The third kappa shape index (κ3) is 3.93. The molecule has 3 heteroatoms. The highest BCUT2D eigenvalue weighted by molar-refractivity contribution is 9.10. The van der Waals surface area contributed by atoms with E-state index in [2.05, 4.69) is 15.9 Å².